The number of aliphatic hydroxyl groups excluding tert-OH is 1. The minimum atomic E-state index is -0.600. The lowest BCUT2D eigenvalue weighted by Crippen LogP contribution is -2.33. The third-order valence-corrected chi connectivity index (χ3v) is 4.48. The molecule has 23 heavy (non-hydrogen) atoms. The molecule has 2 aromatic rings. The number of piperidine rings is 1. The molecule has 5 nitrogen and oxygen atoms in total. The van der Waals surface area contributed by atoms with Crippen LogP contribution in [0.4, 0.5) is 0 Å². The first-order chi connectivity index (χ1) is 11.1. The van der Waals surface area contributed by atoms with Gasteiger partial charge in [0.15, 0.2) is 0 Å². The van der Waals surface area contributed by atoms with E-state index in [1.54, 1.807) is 12.1 Å². The van der Waals surface area contributed by atoms with Crippen LogP contribution in [0.2, 0.25) is 0 Å². The van der Waals surface area contributed by atoms with Gasteiger partial charge in [-0.25, -0.2) is 0 Å². The molecule has 0 radical (unpaired) electrons. The van der Waals surface area contributed by atoms with Crippen molar-refractivity contribution in [3.05, 3.63) is 41.1 Å². The van der Waals surface area contributed by atoms with E-state index in [0.29, 0.717) is 17.0 Å². The smallest absolute Gasteiger partial charge is 0.125 e. The zero-order valence-corrected chi connectivity index (χ0v) is 13.6. The third kappa shape index (κ3) is 3.35. The third-order valence-electron chi connectivity index (χ3n) is 4.48. The van der Waals surface area contributed by atoms with Gasteiger partial charge in [0.1, 0.15) is 11.9 Å². The van der Waals surface area contributed by atoms with Gasteiger partial charge in [0.25, 0.3) is 0 Å². The molecule has 1 aromatic heterocycles. The Kier molecular flexibility index (Phi) is 4.59. The number of nitrogens with zero attached hydrogens (tertiary/aromatic N) is 2. The van der Waals surface area contributed by atoms with E-state index in [2.05, 4.69) is 15.5 Å². The van der Waals surface area contributed by atoms with Gasteiger partial charge < -0.3 is 15.5 Å². The number of benzene rings is 1. The fourth-order valence-electron chi connectivity index (χ4n) is 3.30. The van der Waals surface area contributed by atoms with E-state index >= 15 is 0 Å². The molecule has 2 heterocycles. The van der Waals surface area contributed by atoms with Gasteiger partial charge in [0.2, 0.25) is 0 Å². The quantitative estimate of drug-likeness (QED) is 0.811. The number of nitrogens with one attached hydrogen (secondary N) is 1. The molecule has 2 unspecified atom stereocenters. The molecule has 5 heteroatoms. The number of aromatic nitrogens is 2. The molecule has 0 amide bonds. The average molecular weight is 313 g/mol. The number of hydrogen-bond acceptors (Lipinski definition) is 5. The van der Waals surface area contributed by atoms with E-state index in [1.807, 2.05) is 26.0 Å². The topological polar surface area (TPSA) is 78.3 Å². The molecular weight excluding hydrogens is 290 g/mol. The second-order valence-corrected chi connectivity index (χ2v) is 6.37. The molecule has 3 N–H and O–H groups in total. The number of aromatic hydroxyl groups is 1. The van der Waals surface area contributed by atoms with E-state index in [-0.39, 0.29) is 11.7 Å². The minimum absolute atomic E-state index is 0.179. The maximum atomic E-state index is 10.5. The second-order valence-electron chi connectivity index (χ2n) is 6.37. The highest BCUT2D eigenvalue weighted by Gasteiger charge is 2.24. The van der Waals surface area contributed by atoms with Crippen molar-refractivity contribution in [1.82, 2.24) is 15.5 Å². The van der Waals surface area contributed by atoms with Gasteiger partial charge >= 0.3 is 0 Å². The molecule has 1 aliphatic rings. The van der Waals surface area contributed by atoms with Crippen LogP contribution in [0.1, 0.15) is 35.8 Å². The fourth-order valence-corrected chi connectivity index (χ4v) is 3.30. The Balaban J connectivity index is 1.85. The fraction of sp³-hybridized carbons (Fsp3) is 0.444. The zero-order chi connectivity index (χ0) is 16.4. The van der Waals surface area contributed by atoms with Crippen molar-refractivity contribution >= 4 is 0 Å². The Hall–Kier alpha value is -1.98. The van der Waals surface area contributed by atoms with Crippen LogP contribution in [0.15, 0.2) is 24.3 Å². The summed E-state index contributed by atoms with van der Waals surface area (Å²) >= 11 is 0. The Morgan fingerprint density at radius 3 is 2.65 bits per heavy atom. The number of aliphatic hydroxyl groups is 1. The first kappa shape index (κ1) is 15.9. The lowest BCUT2D eigenvalue weighted by atomic mass is 9.91. The molecule has 1 fully saturated rings. The van der Waals surface area contributed by atoms with Crippen molar-refractivity contribution in [1.29, 1.82) is 0 Å². The Bertz CT molecular complexity index is 656. The summed E-state index contributed by atoms with van der Waals surface area (Å²) in [6.07, 6.45) is 1.47. The standard InChI is InChI=1S/C18H23N3O2/c1-11-8-12(2)17(16(22)9-11)14-5-6-15(21-20-14)18(23)13-4-3-7-19-10-13/h5-6,8-9,13,18-19,22-23H,3-4,7,10H2,1-2H3. The molecular formula is C18H23N3O2. The van der Waals surface area contributed by atoms with Crippen molar-refractivity contribution in [3.8, 4) is 17.0 Å². The molecule has 1 saturated heterocycles. The van der Waals surface area contributed by atoms with Gasteiger partial charge in [-0.05, 0) is 62.6 Å². The van der Waals surface area contributed by atoms with E-state index < -0.39 is 6.10 Å². The maximum absolute atomic E-state index is 10.5. The van der Waals surface area contributed by atoms with Crippen molar-refractivity contribution in [3.63, 3.8) is 0 Å². The number of aryl methyl sites for hydroxylation is 2. The van der Waals surface area contributed by atoms with Gasteiger partial charge in [-0.2, -0.15) is 10.2 Å². The van der Waals surface area contributed by atoms with Gasteiger partial charge in [-0.15, -0.1) is 0 Å². The highest BCUT2D eigenvalue weighted by molar-refractivity contribution is 5.70. The average Bonchev–Trinajstić information content (AvgIpc) is 2.55. The number of hydrogen-bond donors (Lipinski definition) is 3. The summed E-state index contributed by atoms with van der Waals surface area (Å²) in [6, 6.07) is 7.35. The molecule has 0 spiro atoms. The molecule has 0 aliphatic carbocycles. The highest BCUT2D eigenvalue weighted by atomic mass is 16.3. The minimum Gasteiger partial charge on any atom is -0.507 e. The van der Waals surface area contributed by atoms with E-state index in [4.69, 9.17) is 0 Å². The Morgan fingerprint density at radius 1 is 1.22 bits per heavy atom. The van der Waals surface area contributed by atoms with Crippen molar-refractivity contribution in [2.45, 2.75) is 32.8 Å². The van der Waals surface area contributed by atoms with Crippen LogP contribution in [-0.4, -0.2) is 33.5 Å². The molecule has 0 saturated carbocycles. The summed E-state index contributed by atoms with van der Waals surface area (Å²) in [6.45, 7) is 5.71. The Labute approximate surface area is 136 Å². The maximum Gasteiger partial charge on any atom is 0.125 e. The molecule has 1 aromatic carbocycles. The summed E-state index contributed by atoms with van der Waals surface area (Å²) in [5, 5.41) is 32.4. The van der Waals surface area contributed by atoms with Crippen LogP contribution in [0.5, 0.6) is 5.75 Å². The molecule has 122 valence electrons. The number of rotatable bonds is 3. The molecule has 1 aliphatic heterocycles. The highest BCUT2D eigenvalue weighted by Crippen LogP contribution is 2.33. The van der Waals surface area contributed by atoms with E-state index in [1.165, 1.54) is 0 Å². The first-order valence-corrected chi connectivity index (χ1v) is 8.09. The number of phenols is 1. The zero-order valence-electron chi connectivity index (χ0n) is 13.6. The van der Waals surface area contributed by atoms with Crippen LogP contribution >= 0.6 is 0 Å². The lowest BCUT2D eigenvalue weighted by Gasteiger charge is -2.26. The predicted molar refractivity (Wildman–Crippen MR) is 89.2 cm³/mol. The summed E-state index contributed by atoms with van der Waals surface area (Å²) < 4.78 is 0. The monoisotopic (exact) mass is 313 g/mol. The van der Waals surface area contributed by atoms with Crippen LogP contribution in [0.3, 0.4) is 0 Å². The summed E-state index contributed by atoms with van der Waals surface area (Å²) in [4.78, 5) is 0. The van der Waals surface area contributed by atoms with Crippen LogP contribution in [0, 0.1) is 19.8 Å². The first-order valence-electron chi connectivity index (χ1n) is 8.09. The SMILES string of the molecule is Cc1cc(C)c(-c2ccc(C(O)C3CCCNC3)nn2)c(O)c1. The van der Waals surface area contributed by atoms with Crippen LogP contribution in [-0.2, 0) is 0 Å². The van der Waals surface area contributed by atoms with Gasteiger partial charge in [0, 0.05) is 18.0 Å². The summed E-state index contributed by atoms with van der Waals surface area (Å²) in [5.74, 6) is 0.389. The van der Waals surface area contributed by atoms with Gasteiger partial charge in [-0.1, -0.05) is 6.07 Å². The molecule has 2 atom stereocenters. The number of phenolic OH excluding ortho intramolecular Hbond substituents is 1. The lowest BCUT2D eigenvalue weighted by molar-refractivity contribution is 0.0876. The largest absolute Gasteiger partial charge is 0.507 e. The van der Waals surface area contributed by atoms with Gasteiger partial charge in [0.05, 0.1) is 11.4 Å². The van der Waals surface area contributed by atoms with Gasteiger partial charge in [-0.3, -0.25) is 0 Å². The Morgan fingerprint density at radius 2 is 2.04 bits per heavy atom. The van der Waals surface area contributed by atoms with E-state index in [9.17, 15) is 10.2 Å². The second kappa shape index (κ2) is 6.64. The van der Waals surface area contributed by atoms with E-state index in [0.717, 1.165) is 37.1 Å². The predicted octanol–water partition coefficient (Wildman–Crippen LogP) is 2.50. The normalized spacial score (nSPS) is 19.5. The summed E-state index contributed by atoms with van der Waals surface area (Å²) in [5.41, 5.74) is 3.88. The summed E-state index contributed by atoms with van der Waals surface area (Å²) in [7, 11) is 0. The van der Waals surface area contributed by atoms with Crippen molar-refractivity contribution in [2.75, 3.05) is 13.1 Å². The molecule has 0 bridgehead atoms. The molecule has 3 rings (SSSR count). The van der Waals surface area contributed by atoms with Crippen LogP contribution < -0.4 is 5.32 Å². The van der Waals surface area contributed by atoms with Crippen LogP contribution in [0.25, 0.3) is 11.3 Å². The van der Waals surface area contributed by atoms with Crippen molar-refractivity contribution in [2.24, 2.45) is 5.92 Å². The van der Waals surface area contributed by atoms with Crippen molar-refractivity contribution < 1.29 is 10.2 Å².